The molecule has 1 aromatic carbocycles. The smallest absolute Gasteiger partial charge is 0.322 e. The van der Waals surface area contributed by atoms with Crippen LogP contribution in [0.1, 0.15) is 21.7 Å². The number of ether oxygens (including phenoxy) is 1. The molecule has 20 heavy (non-hydrogen) atoms. The molecule has 1 N–H and O–H groups in total. The van der Waals surface area contributed by atoms with E-state index in [1.54, 1.807) is 31.4 Å². The van der Waals surface area contributed by atoms with Crippen molar-refractivity contribution >= 4 is 12.1 Å². The van der Waals surface area contributed by atoms with Crippen LogP contribution in [-0.2, 0) is 0 Å². The second-order valence-electron chi connectivity index (χ2n) is 3.84. The largest absolute Gasteiger partial charge is 0.497 e. The number of methoxy groups -OCH3 is 1. The summed E-state index contributed by atoms with van der Waals surface area (Å²) in [6, 6.07) is 7.14. The van der Waals surface area contributed by atoms with Crippen LogP contribution in [0.2, 0.25) is 0 Å². The molecule has 0 atom stereocenters. The molecule has 8 nitrogen and oxygen atoms in total. The first-order valence-corrected chi connectivity index (χ1v) is 5.65. The van der Waals surface area contributed by atoms with Crippen molar-refractivity contribution in [2.75, 3.05) is 7.11 Å². The van der Waals surface area contributed by atoms with E-state index in [1.165, 1.54) is 13.1 Å². The third kappa shape index (κ3) is 2.91. The van der Waals surface area contributed by atoms with Crippen LogP contribution >= 0.6 is 0 Å². The monoisotopic (exact) mass is 276 g/mol. The van der Waals surface area contributed by atoms with Gasteiger partial charge in [0, 0.05) is 6.92 Å². The lowest BCUT2D eigenvalue weighted by atomic mass is 10.2. The van der Waals surface area contributed by atoms with Crippen molar-refractivity contribution in [1.82, 2.24) is 10.6 Å². The van der Waals surface area contributed by atoms with Crippen molar-refractivity contribution in [1.29, 1.82) is 0 Å². The van der Waals surface area contributed by atoms with Gasteiger partial charge >= 0.3 is 11.6 Å². The minimum Gasteiger partial charge on any atom is -0.497 e. The molecular formula is C12H12N4O4. The van der Waals surface area contributed by atoms with Gasteiger partial charge in [0.05, 0.1) is 18.5 Å². The minimum atomic E-state index is -0.625. The number of carbonyl (C=O) groups is 1. The van der Waals surface area contributed by atoms with Crippen LogP contribution in [0.3, 0.4) is 0 Å². The molecule has 8 heteroatoms. The van der Waals surface area contributed by atoms with Gasteiger partial charge in [-0.25, -0.2) is 5.43 Å². The number of hydrogen-bond acceptors (Lipinski definition) is 6. The number of hydrogen-bond donors (Lipinski definition) is 1. The van der Waals surface area contributed by atoms with Gasteiger partial charge in [-0.2, -0.15) is 5.10 Å². The molecule has 0 unspecified atom stereocenters. The Kier molecular flexibility index (Phi) is 3.94. The number of benzene rings is 1. The molecule has 1 aromatic heterocycles. The summed E-state index contributed by atoms with van der Waals surface area (Å²) in [5.41, 5.74) is 2.96. The Morgan fingerprint density at radius 3 is 3.05 bits per heavy atom. The maximum absolute atomic E-state index is 11.7. The predicted octanol–water partition coefficient (Wildman–Crippen LogP) is 0.389. The molecule has 2 aromatic rings. The van der Waals surface area contributed by atoms with Crippen molar-refractivity contribution in [2.24, 2.45) is 5.10 Å². The highest BCUT2D eigenvalue weighted by molar-refractivity contribution is 5.93. The van der Waals surface area contributed by atoms with Crippen LogP contribution in [0.4, 0.5) is 0 Å². The van der Waals surface area contributed by atoms with E-state index in [4.69, 9.17) is 4.74 Å². The van der Waals surface area contributed by atoms with Crippen molar-refractivity contribution in [3.05, 3.63) is 46.4 Å². The molecule has 1 amide bonds. The molecule has 0 saturated carbocycles. The highest BCUT2D eigenvalue weighted by atomic mass is 16.8. The van der Waals surface area contributed by atoms with Gasteiger partial charge < -0.3 is 9.94 Å². The molecular weight excluding hydrogens is 264 g/mol. The number of rotatable bonds is 4. The molecule has 0 aliphatic rings. The number of nitrogens with one attached hydrogen (secondary N) is 1. The molecule has 104 valence electrons. The summed E-state index contributed by atoms with van der Waals surface area (Å²) >= 11 is 0. The van der Waals surface area contributed by atoms with Gasteiger partial charge in [-0.3, -0.25) is 9.42 Å². The van der Waals surface area contributed by atoms with E-state index in [0.717, 1.165) is 5.56 Å². The fourth-order valence-corrected chi connectivity index (χ4v) is 1.44. The fraction of sp³-hybridized carbons (Fsp3) is 0.167. The quantitative estimate of drug-likeness (QED) is 0.494. The van der Waals surface area contributed by atoms with Gasteiger partial charge in [-0.15, -0.1) is 0 Å². The number of carbonyl (C=O) groups excluding carboxylic acids is 1. The standard InChI is InChI=1S/C12H12N4O4/c1-8-11(15-20-16(8)18)12(17)14-13-7-9-4-3-5-10(6-9)19-2/h3-7H,1-2H3,(H,14,17)/b13-7+. The minimum absolute atomic E-state index is 0.0686. The maximum atomic E-state index is 11.7. The van der Waals surface area contributed by atoms with Crippen molar-refractivity contribution in [2.45, 2.75) is 6.92 Å². The molecule has 0 radical (unpaired) electrons. The lowest BCUT2D eigenvalue weighted by molar-refractivity contribution is -0.806. The molecule has 0 saturated heterocycles. The first-order valence-electron chi connectivity index (χ1n) is 5.65. The van der Waals surface area contributed by atoms with Gasteiger partial charge in [0.1, 0.15) is 5.75 Å². The van der Waals surface area contributed by atoms with E-state index in [1.807, 2.05) is 0 Å². The van der Waals surface area contributed by atoms with Gasteiger partial charge in [0.15, 0.2) is 0 Å². The Morgan fingerprint density at radius 2 is 2.40 bits per heavy atom. The third-order valence-corrected chi connectivity index (χ3v) is 2.51. The summed E-state index contributed by atoms with van der Waals surface area (Å²) in [6.07, 6.45) is 1.45. The van der Waals surface area contributed by atoms with Crippen molar-refractivity contribution in [3.63, 3.8) is 0 Å². The second kappa shape index (κ2) is 5.83. The molecule has 2 rings (SSSR count). The summed E-state index contributed by atoms with van der Waals surface area (Å²) in [4.78, 5) is 11.8. The zero-order valence-corrected chi connectivity index (χ0v) is 10.9. The Hall–Kier alpha value is -2.90. The number of hydrazone groups is 1. The van der Waals surface area contributed by atoms with E-state index >= 15 is 0 Å². The van der Waals surface area contributed by atoms with Crippen molar-refractivity contribution < 1.29 is 19.1 Å². The first kappa shape index (κ1) is 13.5. The lowest BCUT2D eigenvalue weighted by Gasteiger charge is -1.99. The second-order valence-corrected chi connectivity index (χ2v) is 3.84. The topological polar surface area (TPSA) is 104 Å². The molecule has 0 aliphatic carbocycles. The summed E-state index contributed by atoms with van der Waals surface area (Å²) in [5.74, 6) is 0.0556. The van der Waals surface area contributed by atoms with Gasteiger partial charge in [-0.1, -0.05) is 12.1 Å². The third-order valence-electron chi connectivity index (χ3n) is 2.51. The zero-order valence-electron chi connectivity index (χ0n) is 10.9. The summed E-state index contributed by atoms with van der Waals surface area (Å²) in [7, 11) is 1.56. The summed E-state index contributed by atoms with van der Waals surface area (Å²) < 4.78 is 9.35. The number of aromatic nitrogens is 2. The van der Waals surface area contributed by atoms with Crippen LogP contribution in [-0.4, -0.2) is 24.4 Å². The molecule has 0 bridgehead atoms. The average Bonchev–Trinajstić information content (AvgIpc) is 2.79. The van der Waals surface area contributed by atoms with Crippen LogP contribution in [0.15, 0.2) is 34.0 Å². The molecule has 0 fully saturated rings. The van der Waals surface area contributed by atoms with Gasteiger partial charge in [0.2, 0.25) is 5.69 Å². The molecule has 0 aliphatic heterocycles. The van der Waals surface area contributed by atoms with Crippen LogP contribution in [0.5, 0.6) is 5.75 Å². The Bertz CT molecular complexity index is 651. The Balaban J connectivity index is 2.02. The van der Waals surface area contributed by atoms with Crippen LogP contribution in [0.25, 0.3) is 0 Å². The van der Waals surface area contributed by atoms with Gasteiger partial charge in [0.25, 0.3) is 0 Å². The average molecular weight is 276 g/mol. The van der Waals surface area contributed by atoms with Crippen LogP contribution < -0.4 is 15.1 Å². The van der Waals surface area contributed by atoms with E-state index in [2.05, 4.69) is 20.3 Å². The van der Waals surface area contributed by atoms with Crippen molar-refractivity contribution in [3.8, 4) is 5.75 Å². The van der Waals surface area contributed by atoms with Crippen LogP contribution in [0, 0.1) is 12.1 Å². The lowest BCUT2D eigenvalue weighted by Crippen LogP contribution is -2.28. The summed E-state index contributed by atoms with van der Waals surface area (Å²) in [5, 5.41) is 18.1. The highest BCUT2D eigenvalue weighted by Crippen LogP contribution is 2.10. The SMILES string of the molecule is COc1cccc(/C=N/NC(=O)c2no[n+]([O-])c2C)c1. The maximum Gasteiger partial charge on any atom is 0.322 e. The number of amides is 1. The molecule has 1 heterocycles. The van der Waals surface area contributed by atoms with E-state index < -0.39 is 5.91 Å². The van der Waals surface area contributed by atoms with E-state index in [-0.39, 0.29) is 16.3 Å². The van der Waals surface area contributed by atoms with Gasteiger partial charge in [-0.05, 0) is 22.6 Å². The Labute approximate surface area is 114 Å². The number of nitrogens with zero attached hydrogens (tertiary/aromatic N) is 3. The van der Waals surface area contributed by atoms with E-state index in [9.17, 15) is 10.0 Å². The normalized spacial score (nSPS) is 10.7. The Morgan fingerprint density at radius 1 is 1.60 bits per heavy atom. The van der Waals surface area contributed by atoms with E-state index in [0.29, 0.717) is 5.75 Å². The first-order chi connectivity index (χ1) is 9.61. The predicted molar refractivity (Wildman–Crippen MR) is 68.3 cm³/mol. The highest BCUT2D eigenvalue weighted by Gasteiger charge is 2.22. The summed E-state index contributed by atoms with van der Waals surface area (Å²) in [6.45, 7) is 1.42. The fourth-order valence-electron chi connectivity index (χ4n) is 1.44. The molecule has 0 spiro atoms. The zero-order chi connectivity index (χ0) is 14.5.